The topological polar surface area (TPSA) is 67.2 Å². The van der Waals surface area contributed by atoms with E-state index in [9.17, 15) is 18.0 Å². The number of nitrogens with zero attached hydrogens (tertiary/aromatic N) is 6. The Labute approximate surface area is 182 Å². The number of hydrogen-bond donors (Lipinski definition) is 0. The first-order chi connectivity index (χ1) is 15.3. The van der Waals surface area contributed by atoms with Crippen LogP contribution in [-0.4, -0.2) is 50.5 Å². The van der Waals surface area contributed by atoms with E-state index in [4.69, 9.17) is 0 Å². The summed E-state index contributed by atoms with van der Waals surface area (Å²) >= 11 is 0. The molecule has 1 aliphatic carbocycles. The molecular formula is C22H21F3N6O. The summed E-state index contributed by atoms with van der Waals surface area (Å²) < 4.78 is 42.8. The van der Waals surface area contributed by atoms with Gasteiger partial charge in [0, 0.05) is 43.9 Å². The van der Waals surface area contributed by atoms with E-state index >= 15 is 0 Å². The van der Waals surface area contributed by atoms with E-state index < -0.39 is 23.8 Å². The van der Waals surface area contributed by atoms with Crippen LogP contribution in [0.1, 0.15) is 26.2 Å². The second-order valence-electron chi connectivity index (χ2n) is 8.16. The van der Waals surface area contributed by atoms with Gasteiger partial charge in [0.15, 0.2) is 5.82 Å². The molecular weight excluding hydrogens is 421 g/mol. The van der Waals surface area contributed by atoms with E-state index in [0.717, 1.165) is 0 Å². The van der Waals surface area contributed by atoms with Crippen molar-refractivity contribution in [3.8, 4) is 17.3 Å². The van der Waals surface area contributed by atoms with Crippen molar-refractivity contribution in [1.82, 2.24) is 19.5 Å². The summed E-state index contributed by atoms with van der Waals surface area (Å²) in [4.78, 5) is 29.5. The molecule has 5 rings (SSSR count). The molecule has 0 spiro atoms. The lowest BCUT2D eigenvalue weighted by Gasteiger charge is -2.49. The van der Waals surface area contributed by atoms with Crippen molar-refractivity contribution in [2.75, 3.05) is 16.8 Å². The second-order valence-corrected chi connectivity index (χ2v) is 8.16. The Kier molecular flexibility index (Phi) is 4.68. The van der Waals surface area contributed by atoms with E-state index in [-0.39, 0.29) is 24.7 Å². The Balaban J connectivity index is 1.61. The fraction of sp³-hybridized carbons (Fsp3) is 0.364. The molecule has 3 heterocycles. The van der Waals surface area contributed by atoms with Gasteiger partial charge >= 0.3 is 0 Å². The largest absolute Gasteiger partial charge is 0.339 e. The molecule has 0 bridgehead atoms. The highest BCUT2D eigenvalue weighted by Gasteiger charge is 2.52. The third kappa shape index (κ3) is 3.21. The van der Waals surface area contributed by atoms with Gasteiger partial charge in [0.1, 0.15) is 23.4 Å². The van der Waals surface area contributed by atoms with Crippen LogP contribution in [-0.2, 0) is 4.79 Å². The molecule has 3 aromatic rings. The Morgan fingerprint density at radius 3 is 2.69 bits per heavy atom. The van der Waals surface area contributed by atoms with Crippen LogP contribution in [0.4, 0.5) is 24.7 Å². The molecule has 1 atom stereocenters. The Morgan fingerprint density at radius 2 is 2.00 bits per heavy atom. The second kappa shape index (κ2) is 7.32. The summed E-state index contributed by atoms with van der Waals surface area (Å²) in [6.45, 7) is 1.85. The van der Waals surface area contributed by atoms with Crippen LogP contribution >= 0.6 is 0 Å². The van der Waals surface area contributed by atoms with Crippen LogP contribution in [0, 0.1) is 5.82 Å². The van der Waals surface area contributed by atoms with Gasteiger partial charge in [-0.05, 0) is 18.6 Å². The molecule has 2 aliphatic rings. The number of carbonyl (C=O) groups excluding carboxylic acids is 1. The summed E-state index contributed by atoms with van der Waals surface area (Å²) in [5, 5.41) is 0. The predicted octanol–water partition coefficient (Wildman–Crippen LogP) is 3.83. The maximum Gasteiger partial charge on any atom is 0.252 e. The number of aromatic nitrogens is 4. The highest BCUT2D eigenvalue weighted by atomic mass is 19.3. The number of carbonyl (C=O) groups is 1. The smallest absolute Gasteiger partial charge is 0.252 e. The minimum absolute atomic E-state index is 0.172. The molecule has 2 aromatic heterocycles. The maximum absolute atomic E-state index is 13.8. The van der Waals surface area contributed by atoms with Crippen LogP contribution in [0.25, 0.3) is 17.3 Å². The molecule has 1 aromatic carbocycles. The van der Waals surface area contributed by atoms with Gasteiger partial charge < -0.3 is 9.80 Å². The number of alkyl halides is 2. The van der Waals surface area contributed by atoms with Crippen LogP contribution in [0.3, 0.4) is 0 Å². The van der Waals surface area contributed by atoms with Crippen LogP contribution < -0.4 is 9.80 Å². The third-order valence-corrected chi connectivity index (χ3v) is 6.08. The third-order valence-electron chi connectivity index (χ3n) is 6.08. The summed E-state index contributed by atoms with van der Waals surface area (Å²) in [7, 11) is 1.63. The molecule has 1 unspecified atom stereocenters. The van der Waals surface area contributed by atoms with E-state index in [1.54, 1.807) is 41.0 Å². The van der Waals surface area contributed by atoms with Gasteiger partial charge in [-0.2, -0.15) is 4.98 Å². The van der Waals surface area contributed by atoms with Crippen molar-refractivity contribution in [3.63, 3.8) is 0 Å². The zero-order valence-corrected chi connectivity index (χ0v) is 17.5. The lowest BCUT2D eigenvalue weighted by molar-refractivity contribution is -0.122. The molecule has 10 heteroatoms. The summed E-state index contributed by atoms with van der Waals surface area (Å²) in [5.74, 6) is -2.17. The van der Waals surface area contributed by atoms with Gasteiger partial charge in [-0.1, -0.05) is 19.1 Å². The van der Waals surface area contributed by atoms with Gasteiger partial charge in [-0.15, -0.1) is 0 Å². The van der Waals surface area contributed by atoms with E-state index in [1.807, 2.05) is 6.92 Å². The van der Waals surface area contributed by atoms with E-state index in [2.05, 4.69) is 15.0 Å². The highest BCUT2D eigenvalue weighted by Crippen LogP contribution is 2.46. The minimum atomic E-state index is -2.74. The minimum Gasteiger partial charge on any atom is -0.339 e. The molecule has 1 aliphatic heterocycles. The number of likely N-dealkylation sites (N-methyl/N-ethyl adjacent to an activating group) is 1. The monoisotopic (exact) mass is 442 g/mol. The fourth-order valence-electron chi connectivity index (χ4n) is 4.44. The first kappa shape index (κ1) is 20.5. The van der Waals surface area contributed by atoms with Crippen LogP contribution in [0.5, 0.6) is 0 Å². The lowest BCUT2D eigenvalue weighted by Crippen LogP contribution is -2.61. The molecule has 1 fully saturated rings. The molecule has 166 valence electrons. The molecule has 0 saturated heterocycles. The average Bonchev–Trinajstić information content (AvgIpc) is 3.24. The SMILES string of the molecule is CCC1C(=O)N(C)c2cnc(-n3ccnc3-c3cccc(F)c3)nc2N1C1CC(F)(F)C1. The Hall–Kier alpha value is -3.43. The summed E-state index contributed by atoms with van der Waals surface area (Å²) in [5.41, 5.74) is 1.01. The Bertz CT molecular complexity index is 1190. The normalized spacial score (nSPS) is 20.3. The van der Waals surface area contributed by atoms with Gasteiger partial charge in [-0.3, -0.25) is 9.36 Å². The molecule has 1 amide bonds. The molecule has 1 saturated carbocycles. The first-order valence-corrected chi connectivity index (χ1v) is 10.4. The van der Waals surface area contributed by atoms with E-state index in [0.29, 0.717) is 29.3 Å². The van der Waals surface area contributed by atoms with Gasteiger partial charge in [0.25, 0.3) is 5.92 Å². The number of anilines is 2. The number of fused-ring (bicyclic) bond motifs is 1. The van der Waals surface area contributed by atoms with Crippen molar-refractivity contribution in [2.24, 2.45) is 0 Å². The number of amides is 1. The Morgan fingerprint density at radius 1 is 1.22 bits per heavy atom. The number of rotatable bonds is 4. The van der Waals surface area contributed by atoms with Crippen LogP contribution in [0.2, 0.25) is 0 Å². The molecule has 0 radical (unpaired) electrons. The maximum atomic E-state index is 13.8. The summed E-state index contributed by atoms with van der Waals surface area (Å²) in [6, 6.07) is 4.95. The van der Waals surface area contributed by atoms with Gasteiger partial charge in [0.05, 0.1) is 6.20 Å². The van der Waals surface area contributed by atoms with Crippen LogP contribution in [0.15, 0.2) is 42.9 Å². The van der Waals surface area contributed by atoms with Crippen molar-refractivity contribution < 1.29 is 18.0 Å². The number of halogens is 3. The molecule has 7 nitrogen and oxygen atoms in total. The van der Waals surface area contributed by atoms with Gasteiger partial charge in [-0.25, -0.2) is 23.1 Å². The number of imidazole rings is 1. The zero-order valence-electron chi connectivity index (χ0n) is 17.5. The predicted molar refractivity (Wildman–Crippen MR) is 112 cm³/mol. The number of benzene rings is 1. The quantitative estimate of drug-likeness (QED) is 0.615. The van der Waals surface area contributed by atoms with Gasteiger partial charge in [0.2, 0.25) is 11.9 Å². The highest BCUT2D eigenvalue weighted by molar-refractivity contribution is 6.04. The number of hydrogen-bond acceptors (Lipinski definition) is 5. The van der Waals surface area contributed by atoms with E-state index in [1.165, 1.54) is 23.2 Å². The van der Waals surface area contributed by atoms with Crippen molar-refractivity contribution in [2.45, 2.75) is 44.2 Å². The first-order valence-electron chi connectivity index (χ1n) is 10.4. The average molecular weight is 442 g/mol. The zero-order chi connectivity index (χ0) is 22.6. The van der Waals surface area contributed by atoms with Crippen molar-refractivity contribution in [1.29, 1.82) is 0 Å². The fourth-order valence-corrected chi connectivity index (χ4v) is 4.44. The van der Waals surface area contributed by atoms with Crippen molar-refractivity contribution in [3.05, 3.63) is 48.7 Å². The molecule has 0 N–H and O–H groups in total. The standard InChI is InChI=1S/C22H21F3N6O/c1-3-16-20(32)29(2)17-12-27-21(28-19(17)31(16)15-10-22(24,25)11-15)30-8-7-26-18(30)13-5-4-6-14(23)9-13/h4-9,12,15-16H,3,10-11H2,1-2H3. The lowest BCUT2D eigenvalue weighted by atomic mass is 9.85. The molecule has 32 heavy (non-hydrogen) atoms. The van der Waals surface area contributed by atoms with Crippen molar-refractivity contribution >= 4 is 17.4 Å². The summed E-state index contributed by atoms with van der Waals surface area (Å²) in [6.07, 6.45) is 4.54.